The summed E-state index contributed by atoms with van der Waals surface area (Å²) in [6.45, 7) is 7.39. The van der Waals surface area contributed by atoms with E-state index < -0.39 is 0 Å². The molecular formula is C20H23FN2O. The molecule has 0 saturated carbocycles. The van der Waals surface area contributed by atoms with Gasteiger partial charge in [0.1, 0.15) is 5.82 Å². The fraction of sp³-hybridized carbons (Fsp3) is 0.350. The minimum Gasteiger partial charge on any atom is -0.378 e. The van der Waals surface area contributed by atoms with Crippen LogP contribution >= 0.6 is 0 Å². The summed E-state index contributed by atoms with van der Waals surface area (Å²) in [7, 11) is 0. The molecule has 24 heavy (non-hydrogen) atoms. The summed E-state index contributed by atoms with van der Waals surface area (Å²) in [5, 5.41) is 0. The molecule has 0 bridgehead atoms. The lowest BCUT2D eigenvalue weighted by Gasteiger charge is -2.24. The number of ether oxygens (including phenoxy) is 1. The number of hydrogen-bond acceptors (Lipinski definition) is 2. The van der Waals surface area contributed by atoms with Crippen LogP contribution in [0.1, 0.15) is 22.3 Å². The molecule has 1 aliphatic rings. The van der Waals surface area contributed by atoms with Gasteiger partial charge in [-0.1, -0.05) is 24.3 Å². The Labute approximate surface area is 142 Å². The predicted octanol–water partition coefficient (Wildman–Crippen LogP) is 4.03. The maximum absolute atomic E-state index is 13.9. The number of hydrogen-bond donors (Lipinski definition) is 0. The number of benzene rings is 2. The Balaban J connectivity index is 1.78. The predicted molar refractivity (Wildman–Crippen MR) is 95.7 cm³/mol. The summed E-state index contributed by atoms with van der Waals surface area (Å²) in [4.78, 5) is 6.80. The molecule has 2 aromatic carbocycles. The van der Waals surface area contributed by atoms with Crippen LogP contribution in [0, 0.1) is 19.7 Å². The summed E-state index contributed by atoms with van der Waals surface area (Å²) in [6.07, 6.45) is 2.51. The van der Waals surface area contributed by atoms with Crippen LogP contribution in [0.4, 0.5) is 10.1 Å². The summed E-state index contributed by atoms with van der Waals surface area (Å²) in [6, 6.07) is 11.2. The zero-order valence-corrected chi connectivity index (χ0v) is 14.3. The lowest BCUT2D eigenvalue weighted by molar-refractivity contribution is 0.0701. The summed E-state index contributed by atoms with van der Waals surface area (Å²) in [5.74, 6) is -0.149. The first-order chi connectivity index (χ1) is 11.6. The van der Waals surface area contributed by atoms with Crippen LogP contribution in [0.25, 0.3) is 0 Å². The highest BCUT2D eigenvalue weighted by atomic mass is 19.1. The van der Waals surface area contributed by atoms with Crippen molar-refractivity contribution in [2.45, 2.75) is 20.3 Å². The molecule has 0 amide bonds. The molecule has 1 saturated heterocycles. The number of aliphatic imine (C=N–C) groups is 1. The highest BCUT2D eigenvalue weighted by Gasteiger charge is 2.09. The first-order valence-corrected chi connectivity index (χ1v) is 8.33. The Morgan fingerprint density at radius 2 is 1.83 bits per heavy atom. The van der Waals surface area contributed by atoms with Crippen molar-refractivity contribution in [3.05, 3.63) is 64.5 Å². The molecule has 1 heterocycles. The fourth-order valence-corrected chi connectivity index (χ4v) is 2.87. The molecule has 3 rings (SSSR count). The Kier molecular flexibility index (Phi) is 5.26. The normalized spacial score (nSPS) is 15.2. The van der Waals surface area contributed by atoms with Crippen LogP contribution in [0.3, 0.4) is 0 Å². The molecule has 0 aliphatic carbocycles. The molecular weight excluding hydrogens is 303 g/mol. The van der Waals surface area contributed by atoms with Gasteiger partial charge >= 0.3 is 0 Å². The van der Waals surface area contributed by atoms with E-state index in [0.29, 0.717) is 6.42 Å². The molecule has 0 atom stereocenters. The fourth-order valence-electron chi connectivity index (χ4n) is 2.87. The quantitative estimate of drug-likeness (QED) is 0.626. The topological polar surface area (TPSA) is 24.8 Å². The van der Waals surface area contributed by atoms with Crippen molar-refractivity contribution in [1.29, 1.82) is 0 Å². The van der Waals surface area contributed by atoms with E-state index >= 15 is 0 Å². The van der Waals surface area contributed by atoms with Crippen molar-refractivity contribution < 1.29 is 9.13 Å². The third-order valence-electron chi connectivity index (χ3n) is 4.40. The van der Waals surface area contributed by atoms with E-state index in [2.05, 4.69) is 35.9 Å². The highest BCUT2D eigenvalue weighted by molar-refractivity contribution is 5.64. The minimum atomic E-state index is -0.149. The maximum atomic E-state index is 13.9. The number of nitrogens with zero attached hydrogens (tertiary/aromatic N) is 2. The second-order valence-electron chi connectivity index (χ2n) is 6.23. The van der Waals surface area contributed by atoms with Crippen molar-refractivity contribution in [1.82, 2.24) is 4.90 Å². The first kappa shape index (κ1) is 16.7. The van der Waals surface area contributed by atoms with E-state index in [4.69, 9.17) is 4.74 Å². The molecule has 0 spiro atoms. The number of aryl methyl sites for hydroxylation is 2. The SMILES string of the molecule is Cc1cc(N=CN2CCOCC2)c(C)cc1Cc1ccccc1F. The average molecular weight is 326 g/mol. The van der Waals surface area contributed by atoms with Crippen molar-refractivity contribution in [3.63, 3.8) is 0 Å². The van der Waals surface area contributed by atoms with Gasteiger partial charge in [0, 0.05) is 19.5 Å². The third-order valence-corrected chi connectivity index (χ3v) is 4.40. The maximum Gasteiger partial charge on any atom is 0.126 e. The third kappa shape index (κ3) is 4.01. The van der Waals surface area contributed by atoms with Gasteiger partial charge in [0.25, 0.3) is 0 Å². The molecule has 0 aromatic heterocycles. The summed E-state index contributed by atoms with van der Waals surface area (Å²) in [5.41, 5.74) is 5.08. The average Bonchev–Trinajstić information content (AvgIpc) is 2.59. The van der Waals surface area contributed by atoms with Gasteiger partial charge in [0.15, 0.2) is 0 Å². The second kappa shape index (κ2) is 7.58. The Bertz CT molecular complexity index is 736. The molecule has 4 heteroatoms. The van der Waals surface area contributed by atoms with Gasteiger partial charge in [-0.25, -0.2) is 9.38 Å². The van der Waals surface area contributed by atoms with E-state index in [9.17, 15) is 4.39 Å². The van der Waals surface area contributed by atoms with Crippen LogP contribution in [-0.2, 0) is 11.2 Å². The zero-order chi connectivity index (χ0) is 16.9. The van der Waals surface area contributed by atoms with Crippen LogP contribution in [0.15, 0.2) is 41.4 Å². The van der Waals surface area contributed by atoms with Gasteiger partial charge in [-0.05, 0) is 48.2 Å². The Morgan fingerprint density at radius 3 is 2.58 bits per heavy atom. The van der Waals surface area contributed by atoms with E-state index in [-0.39, 0.29) is 5.82 Å². The van der Waals surface area contributed by atoms with E-state index in [0.717, 1.165) is 54.2 Å². The molecule has 0 N–H and O–H groups in total. The van der Waals surface area contributed by atoms with E-state index in [1.807, 2.05) is 18.5 Å². The van der Waals surface area contributed by atoms with Crippen molar-refractivity contribution in [2.75, 3.05) is 26.3 Å². The van der Waals surface area contributed by atoms with Gasteiger partial charge < -0.3 is 9.64 Å². The van der Waals surface area contributed by atoms with Gasteiger partial charge in [0.2, 0.25) is 0 Å². The first-order valence-electron chi connectivity index (χ1n) is 8.33. The smallest absolute Gasteiger partial charge is 0.126 e. The van der Waals surface area contributed by atoms with Gasteiger partial charge in [-0.2, -0.15) is 0 Å². The van der Waals surface area contributed by atoms with Crippen molar-refractivity contribution in [2.24, 2.45) is 4.99 Å². The second-order valence-corrected chi connectivity index (χ2v) is 6.23. The van der Waals surface area contributed by atoms with Crippen molar-refractivity contribution in [3.8, 4) is 0 Å². The number of rotatable bonds is 4. The van der Waals surface area contributed by atoms with Crippen LogP contribution in [0.2, 0.25) is 0 Å². The standard InChI is InChI=1S/C20H23FN2O/c1-15-12-20(22-14-23-7-9-24-10-8-23)16(2)11-18(15)13-17-5-3-4-6-19(17)21/h3-6,11-12,14H,7-10,13H2,1-2H3. The largest absolute Gasteiger partial charge is 0.378 e. The van der Waals surface area contributed by atoms with Gasteiger partial charge in [0.05, 0.1) is 25.2 Å². The van der Waals surface area contributed by atoms with Crippen LogP contribution in [0.5, 0.6) is 0 Å². The molecule has 0 unspecified atom stereocenters. The lowest BCUT2D eigenvalue weighted by Crippen LogP contribution is -2.35. The number of halogens is 1. The van der Waals surface area contributed by atoms with E-state index in [1.165, 1.54) is 6.07 Å². The minimum absolute atomic E-state index is 0.149. The molecule has 3 nitrogen and oxygen atoms in total. The van der Waals surface area contributed by atoms with Gasteiger partial charge in [-0.3, -0.25) is 0 Å². The van der Waals surface area contributed by atoms with Crippen LogP contribution in [-0.4, -0.2) is 37.5 Å². The highest BCUT2D eigenvalue weighted by Crippen LogP contribution is 2.25. The number of morpholine rings is 1. The summed E-state index contributed by atoms with van der Waals surface area (Å²) < 4.78 is 19.2. The van der Waals surface area contributed by atoms with E-state index in [1.54, 1.807) is 6.07 Å². The van der Waals surface area contributed by atoms with Gasteiger partial charge in [-0.15, -0.1) is 0 Å². The molecule has 1 aliphatic heterocycles. The monoisotopic (exact) mass is 326 g/mol. The zero-order valence-electron chi connectivity index (χ0n) is 14.3. The molecule has 126 valence electrons. The Morgan fingerprint density at radius 1 is 1.08 bits per heavy atom. The van der Waals surface area contributed by atoms with Crippen molar-refractivity contribution >= 4 is 12.0 Å². The molecule has 1 fully saturated rings. The lowest BCUT2D eigenvalue weighted by atomic mass is 9.97. The molecule has 2 aromatic rings. The Hall–Kier alpha value is -2.20. The molecule has 0 radical (unpaired) electrons. The summed E-state index contributed by atoms with van der Waals surface area (Å²) >= 11 is 0. The van der Waals surface area contributed by atoms with Crippen LogP contribution < -0.4 is 0 Å².